The van der Waals surface area contributed by atoms with E-state index in [1.807, 2.05) is 19.1 Å². The smallest absolute Gasteiger partial charge is 0.235 e. The van der Waals surface area contributed by atoms with Gasteiger partial charge in [0.05, 0.1) is 11.4 Å². The first kappa shape index (κ1) is 12.0. The number of hydrogen-bond donors (Lipinski definition) is 1. The third kappa shape index (κ3) is 1.91. The summed E-state index contributed by atoms with van der Waals surface area (Å²) in [6, 6.07) is 5.98. The van der Waals surface area contributed by atoms with Crippen LogP contribution < -0.4 is 9.62 Å². The van der Waals surface area contributed by atoms with Gasteiger partial charge in [0.1, 0.15) is 0 Å². The summed E-state index contributed by atoms with van der Waals surface area (Å²) in [5.74, 6) is 0.488. The largest absolute Gasteiger partial charge is 0.312 e. The van der Waals surface area contributed by atoms with Crippen LogP contribution in [-0.2, 0) is 23.0 Å². The number of benzene rings is 1. The van der Waals surface area contributed by atoms with E-state index in [0.29, 0.717) is 6.54 Å². The lowest BCUT2D eigenvalue weighted by molar-refractivity contribution is 0.597. The quantitative estimate of drug-likeness (QED) is 0.828. The predicted molar refractivity (Wildman–Crippen MR) is 72.1 cm³/mol. The highest BCUT2D eigenvalue weighted by atomic mass is 32.2. The van der Waals surface area contributed by atoms with Gasteiger partial charge in [0.25, 0.3) is 0 Å². The molecule has 0 amide bonds. The number of anilines is 1. The summed E-state index contributed by atoms with van der Waals surface area (Å²) < 4.78 is 26.0. The van der Waals surface area contributed by atoms with Crippen LogP contribution in [-0.4, -0.2) is 27.3 Å². The number of fused-ring (bicyclic) bond motifs is 1. The maximum Gasteiger partial charge on any atom is 0.235 e. The molecule has 18 heavy (non-hydrogen) atoms. The zero-order chi connectivity index (χ0) is 12.8. The van der Waals surface area contributed by atoms with Crippen LogP contribution in [0.5, 0.6) is 0 Å². The topological polar surface area (TPSA) is 49.4 Å². The molecule has 0 aliphatic carbocycles. The molecule has 1 saturated heterocycles. The highest BCUT2D eigenvalue weighted by Crippen LogP contribution is 2.32. The summed E-state index contributed by atoms with van der Waals surface area (Å²) in [6.45, 7) is 4.38. The van der Waals surface area contributed by atoms with Crippen LogP contribution in [0.25, 0.3) is 0 Å². The van der Waals surface area contributed by atoms with E-state index in [4.69, 9.17) is 0 Å². The van der Waals surface area contributed by atoms with E-state index in [9.17, 15) is 8.42 Å². The monoisotopic (exact) mass is 266 g/mol. The molecule has 0 aromatic heterocycles. The van der Waals surface area contributed by atoms with E-state index in [1.54, 1.807) is 4.31 Å². The fraction of sp³-hybridized carbons (Fsp3) is 0.538. The molecule has 2 aliphatic heterocycles. The second-order valence-corrected chi connectivity index (χ2v) is 7.19. The van der Waals surface area contributed by atoms with Crippen molar-refractivity contribution in [2.75, 3.05) is 23.1 Å². The van der Waals surface area contributed by atoms with Gasteiger partial charge < -0.3 is 5.32 Å². The highest BCUT2D eigenvalue weighted by molar-refractivity contribution is 7.93. The molecular weight excluding hydrogens is 248 g/mol. The summed E-state index contributed by atoms with van der Waals surface area (Å²) in [6.07, 6.45) is 0.909. The van der Waals surface area contributed by atoms with E-state index in [-0.39, 0.29) is 11.7 Å². The molecule has 0 saturated carbocycles. The average Bonchev–Trinajstić information content (AvgIpc) is 2.61. The van der Waals surface area contributed by atoms with Crippen LogP contribution in [0.3, 0.4) is 0 Å². The van der Waals surface area contributed by atoms with Gasteiger partial charge in [-0.3, -0.25) is 4.31 Å². The van der Waals surface area contributed by atoms with E-state index in [1.165, 1.54) is 11.1 Å². The minimum atomic E-state index is -3.11. The Morgan fingerprint density at radius 3 is 2.94 bits per heavy atom. The number of nitrogens with one attached hydrogen (secondary N) is 1. The first-order valence-corrected chi connectivity index (χ1v) is 8.01. The van der Waals surface area contributed by atoms with Crippen LogP contribution in [0.1, 0.15) is 18.1 Å². The van der Waals surface area contributed by atoms with Crippen LogP contribution in [0, 0.1) is 5.92 Å². The molecule has 4 nitrogen and oxygen atoms in total. The van der Waals surface area contributed by atoms with Crippen LogP contribution in [0.4, 0.5) is 5.69 Å². The highest BCUT2D eigenvalue weighted by Gasteiger charge is 2.35. The Morgan fingerprint density at radius 1 is 1.39 bits per heavy atom. The van der Waals surface area contributed by atoms with Crippen molar-refractivity contribution in [3.05, 3.63) is 29.3 Å². The van der Waals surface area contributed by atoms with Gasteiger partial charge in [0.15, 0.2) is 0 Å². The third-order valence-electron chi connectivity index (χ3n) is 3.69. The van der Waals surface area contributed by atoms with Crippen LogP contribution >= 0.6 is 0 Å². The average molecular weight is 266 g/mol. The molecule has 2 heterocycles. The van der Waals surface area contributed by atoms with Gasteiger partial charge in [-0.1, -0.05) is 19.1 Å². The minimum Gasteiger partial charge on any atom is -0.312 e. The van der Waals surface area contributed by atoms with Gasteiger partial charge in [-0.2, -0.15) is 0 Å². The Balaban J connectivity index is 2.07. The molecule has 0 spiro atoms. The van der Waals surface area contributed by atoms with Crippen molar-refractivity contribution < 1.29 is 8.42 Å². The molecule has 1 aromatic carbocycles. The molecule has 2 aliphatic rings. The van der Waals surface area contributed by atoms with Gasteiger partial charge in [0, 0.05) is 13.1 Å². The fourth-order valence-corrected chi connectivity index (χ4v) is 4.85. The Kier molecular flexibility index (Phi) is 2.83. The summed E-state index contributed by atoms with van der Waals surface area (Å²) in [7, 11) is -3.11. The van der Waals surface area contributed by atoms with E-state index >= 15 is 0 Å². The Hall–Kier alpha value is -1.07. The predicted octanol–water partition coefficient (Wildman–Crippen LogP) is 1.12. The summed E-state index contributed by atoms with van der Waals surface area (Å²) in [4.78, 5) is 0. The van der Waals surface area contributed by atoms with Crippen molar-refractivity contribution in [2.24, 2.45) is 5.92 Å². The maximum absolute atomic E-state index is 12.2. The number of hydrogen-bond acceptors (Lipinski definition) is 3. The second kappa shape index (κ2) is 4.24. The molecule has 98 valence electrons. The van der Waals surface area contributed by atoms with Crippen molar-refractivity contribution in [1.29, 1.82) is 0 Å². The van der Waals surface area contributed by atoms with Crippen molar-refractivity contribution in [2.45, 2.75) is 19.9 Å². The van der Waals surface area contributed by atoms with Gasteiger partial charge in [-0.05, 0) is 36.1 Å². The van der Waals surface area contributed by atoms with E-state index in [2.05, 4.69) is 11.4 Å². The molecule has 5 heteroatoms. The molecule has 0 bridgehead atoms. The van der Waals surface area contributed by atoms with Crippen LogP contribution in [0.2, 0.25) is 0 Å². The second-order valence-electron chi connectivity index (χ2n) is 5.26. The van der Waals surface area contributed by atoms with E-state index < -0.39 is 10.0 Å². The van der Waals surface area contributed by atoms with Crippen molar-refractivity contribution in [1.82, 2.24) is 5.32 Å². The lowest BCUT2D eigenvalue weighted by Crippen LogP contribution is -2.30. The molecule has 1 unspecified atom stereocenters. The molecule has 1 aromatic rings. The first-order chi connectivity index (χ1) is 8.58. The van der Waals surface area contributed by atoms with Crippen molar-refractivity contribution in [3.8, 4) is 0 Å². The van der Waals surface area contributed by atoms with Gasteiger partial charge in [-0.15, -0.1) is 0 Å². The molecule has 3 rings (SSSR count). The lowest BCUT2D eigenvalue weighted by Gasteiger charge is -2.25. The third-order valence-corrected chi connectivity index (χ3v) is 5.70. The Bertz CT molecular complexity index is 568. The molecule has 0 radical (unpaired) electrons. The lowest BCUT2D eigenvalue weighted by atomic mass is 9.99. The number of nitrogens with zero attached hydrogens (tertiary/aromatic N) is 1. The molecule has 1 atom stereocenters. The minimum absolute atomic E-state index is 0.215. The Labute approximate surface area is 108 Å². The molecule has 1 fully saturated rings. The molecule has 1 N–H and O–H groups in total. The summed E-state index contributed by atoms with van der Waals surface area (Å²) >= 11 is 0. The van der Waals surface area contributed by atoms with Gasteiger partial charge in [-0.25, -0.2) is 8.42 Å². The zero-order valence-electron chi connectivity index (χ0n) is 10.5. The fourth-order valence-electron chi connectivity index (χ4n) is 2.89. The molecular formula is C13H18N2O2S. The van der Waals surface area contributed by atoms with Crippen molar-refractivity contribution >= 4 is 15.7 Å². The summed E-state index contributed by atoms with van der Waals surface area (Å²) in [5, 5.41) is 3.32. The Morgan fingerprint density at radius 2 is 2.22 bits per heavy atom. The number of rotatable bonds is 1. The van der Waals surface area contributed by atoms with Crippen molar-refractivity contribution in [3.63, 3.8) is 0 Å². The van der Waals surface area contributed by atoms with Gasteiger partial charge in [0.2, 0.25) is 10.0 Å². The van der Waals surface area contributed by atoms with Crippen LogP contribution in [0.15, 0.2) is 18.2 Å². The number of sulfonamides is 1. The maximum atomic E-state index is 12.2. The zero-order valence-corrected chi connectivity index (χ0v) is 11.3. The van der Waals surface area contributed by atoms with Gasteiger partial charge >= 0.3 is 0 Å². The SMILES string of the molecule is CC1CN(c2cccc3c2CCNC3)S(=O)(=O)C1. The van der Waals surface area contributed by atoms with E-state index in [0.717, 1.165) is 25.2 Å². The first-order valence-electron chi connectivity index (χ1n) is 6.40. The standard InChI is InChI=1S/C13H18N2O2S/c1-10-8-15(18(16,17)9-10)13-4-2-3-11-7-14-6-5-12(11)13/h2-4,10,14H,5-9H2,1H3. The summed E-state index contributed by atoms with van der Waals surface area (Å²) in [5.41, 5.74) is 3.33. The normalized spacial score (nSPS) is 26.1.